The van der Waals surface area contributed by atoms with Gasteiger partial charge in [-0.2, -0.15) is 10.2 Å². The number of halogens is 1. The van der Waals surface area contributed by atoms with Gasteiger partial charge in [0.1, 0.15) is 5.71 Å². The number of hydrogen-bond donors (Lipinski definition) is 2. The minimum atomic E-state index is 0.328. The van der Waals surface area contributed by atoms with Gasteiger partial charge in [-0.05, 0) is 12.1 Å². The smallest absolute Gasteiger partial charge is 0.120 e. The van der Waals surface area contributed by atoms with Crippen LogP contribution in [0.5, 0.6) is 0 Å². The van der Waals surface area contributed by atoms with Crippen molar-refractivity contribution in [2.75, 3.05) is 5.73 Å². The third-order valence-electron chi connectivity index (χ3n) is 2.23. The van der Waals surface area contributed by atoms with Crippen LogP contribution in [0.2, 0.25) is 5.02 Å². The normalized spacial score (nSPS) is 11.5. The van der Waals surface area contributed by atoms with Crippen molar-refractivity contribution in [3.05, 3.63) is 52.8 Å². The topological polar surface area (TPSA) is 84.4 Å². The Morgan fingerprint density at radius 3 is 2.41 bits per heavy atom. The summed E-state index contributed by atoms with van der Waals surface area (Å²) in [5, 5.41) is 20.3. The SMILES string of the molecule is Nc1cnncc1/C(=N/O)c1ccc(Cl)cc1. The van der Waals surface area contributed by atoms with E-state index in [1.54, 1.807) is 24.3 Å². The predicted octanol–water partition coefficient (Wildman–Crippen LogP) is 1.94. The average molecular weight is 249 g/mol. The summed E-state index contributed by atoms with van der Waals surface area (Å²) in [5.41, 5.74) is 7.67. The lowest BCUT2D eigenvalue weighted by Gasteiger charge is -2.06. The van der Waals surface area contributed by atoms with Crippen LogP contribution in [0.1, 0.15) is 11.1 Å². The first-order chi connectivity index (χ1) is 8.22. The Hall–Kier alpha value is -2.14. The molecule has 0 unspecified atom stereocenters. The van der Waals surface area contributed by atoms with E-state index in [0.29, 0.717) is 27.5 Å². The van der Waals surface area contributed by atoms with Crippen LogP contribution in [-0.4, -0.2) is 21.1 Å². The first kappa shape index (κ1) is 11.3. The quantitative estimate of drug-likeness (QED) is 0.483. The van der Waals surface area contributed by atoms with Gasteiger partial charge in [0.25, 0.3) is 0 Å². The maximum absolute atomic E-state index is 9.08. The molecule has 0 aliphatic rings. The number of oxime groups is 1. The molecule has 1 heterocycles. The lowest BCUT2D eigenvalue weighted by Crippen LogP contribution is -2.08. The molecule has 5 nitrogen and oxygen atoms in total. The lowest BCUT2D eigenvalue weighted by atomic mass is 10.0. The number of hydrogen-bond acceptors (Lipinski definition) is 5. The standard InChI is InChI=1S/C11H9ClN4O/c12-8-3-1-7(2-4-8)11(16-17)9-5-14-15-6-10(9)13/h1-6,17H,(H2,13,14)/b16-11+. The molecule has 0 saturated heterocycles. The molecule has 0 radical (unpaired) electrons. The van der Waals surface area contributed by atoms with Crippen LogP contribution in [0.25, 0.3) is 0 Å². The Balaban J connectivity index is 2.49. The van der Waals surface area contributed by atoms with E-state index in [9.17, 15) is 0 Å². The zero-order chi connectivity index (χ0) is 12.3. The molecule has 0 saturated carbocycles. The van der Waals surface area contributed by atoms with Gasteiger partial charge < -0.3 is 10.9 Å². The predicted molar refractivity (Wildman–Crippen MR) is 65.3 cm³/mol. The van der Waals surface area contributed by atoms with E-state index >= 15 is 0 Å². The van der Waals surface area contributed by atoms with E-state index in [-0.39, 0.29) is 0 Å². The molecule has 1 aromatic carbocycles. The highest BCUT2D eigenvalue weighted by Gasteiger charge is 2.11. The molecule has 0 bridgehead atoms. The van der Waals surface area contributed by atoms with Gasteiger partial charge in [0, 0.05) is 16.1 Å². The number of nitrogen functional groups attached to an aromatic ring is 1. The van der Waals surface area contributed by atoms with Crippen molar-refractivity contribution in [2.24, 2.45) is 5.16 Å². The van der Waals surface area contributed by atoms with Crippen LogP contribution < -0.4 is 5.73 Å². The molecule has 0 aliphatic carbocycles. The zero-order valence-electron chi connectivity index (χ0n) is 8.71. The maximum Gasteiger partial charge on any atom is 0.120 e. The largest absolute Gasteiger partial charge is 0.410 e. The Kier molecular flexibility index (Phi) is 3.20. The summed E-state index contributed by atoms with van der Waals surface area (Å²) in [7, 11) is 0. The molecule has 6 heteroatoms. The molecule has 2 aromatic rings. The fraction of sp³-hybridized carbons (Fsp3) is 0. The minimum Gasteiger partial charge on any atom is -0.410 e. The van der Waals surface area contributed by atoms with Gasteiger partial charge >= 0.3 is 0 Å². The number of anilines is 1. The summed E-state index contributed by atoms with van der Waals surface area (Å²) < 4.78 is 0. The molecule has 86 valence electrons. The van der Waals surface area contributed by atoms with Crippen LogP contribution in [0.4, 0.5) is 5.69 Å². The molecular weight excluding hydrogens is 240 g/mol. The minimum absolute atomic E-state index is 0.328. The van der Waals surface area contributed by atoms with Crippen LogP contribution in [-0.2, 0) is 0 Å². The van der Waals surface area contributed by atoms with Gasteiger partial charge in [-0.1, -0.05) is 28.9 Å². The summed E-state index contributed by atoms with van der Waals surface area (Å²) in [6, 6.07) is 6.87. The highest BCUT2D eigenvalue weighted by atomic mass is 35.5. The fourth-order valence-electron chi connectivity index (χ4n) is 1.40. The van der Waals surface area contributed by atoms with Crippen LogP contribution in [0.3, 0.4) is 0 Å². The van der Waals surface area contributed by atoms with Crippen molar-refractivity contribution in [2.45, 2.75) is 0 Å². The molecular formula is C11H9ClN4O. The monoisotopic (exact) mass is 248 g/mol. The van der Waals surface area contributed by atoms with Crippen molar-refractivity contribution in [1.29, 1.82) is 0 Å². The summed E-state index contributed by atoms with van der Waals surface area (Å²) >= 11 is 5.79. The van der Waals surface area contributed by atoms with Gasteiger partial charge in [-0.25, -0.2) is 0 Å². The fourth-order valence-corrected chi connectivity index (χ4v) is 1.53. The highest BCUT2D eigenvalue weighted by Crippen LogP contribution is 2.17. The van der Waals surface area contributed by atoms with E-state index < -0.39 is 0 Å². The van der Waals surface area contributed by atoms with Crippen molar-refractivity contribution in [1.82, 2.24) is 10.2 Å². The van der Waals surface area contributed by atoms with E-state index in [1.807, 2.05) is 0 Å². The second-order valence-electron chi connectivity index (χ2n) is 3.31. The Morgan fingerprint density at radius 1 is 1.18 bits per heavy atom. The number of nitrogens with two attached hydrogens (primary N) is 1. The number of aromatic nitrogens is 2. The van der Waals surface area contributed by atoms with Gasteiger partial charge in [0.2, 0.25) is 0 Å². The van der Waals surface area contributed by atoms with E-state index in [4.69, 9.17) is 22.5 Å². The zero-order valence-corrected chi connectivity index (χ0v) is 9.46. The number of benzene rings is 1. The molecule has 0 atom stereocenters. The third-order valence-corrected chi connectivity index (χ3v) is 2.49. The van der Waals surface area contributed by atoms with Crippen molar-refractivity contribution >= 4 is 23.0 Å². The van der Waals surface area contributed by atoms with Crippen LogP contribution >= 0.6 is 11.6 Å². The summed E-state index contributed by atoms with van der Waals surface area (Å²) in [5.74, 6) is 0. The summed E-state index contributed by atoms with van der Waals surface area (Å²) in [6.45, 7) is 0. The Bertz CT molecular complexity index is 554. The summed E-state index contributed by atoms with van der Waals surface area (Å²) in [6.07, 6.45) is 2.84. The third kappa shape index (κ3) is 2.34. The molecule has 0 aliphatic heterocycles. The molecule has 0 spiro atoms. The van der Waals surface area contributed by atoms with E-state index in [0.717, 1.165) is 0 Å². The number of rotatable bonds is 2. The highest BCUT2D eigenvalue weighted by molar-refractivity contribution is 6.30. The Morgan fingerprint density at radius 2 is 1.82 bits per heavy atom. The molecule has 2 rings (SSSR count). The Labute approximate surface area is 103 Å². The van der Waals surface area contributed by atoms with E-state index in [2.05, 4.69) is 15.4 Å². The van der Waals surface area contributed by atoms with Gasteiger partial charge in [0.05, 0.1) is 18.1 Å². The molecule has 3 N–H and O–H groups in total. The first-order valence-electron chi connectivity index (χ1n) is 4.77. The average Bonchev–Trinajstić information content (AvgIpc) is 2.35. The summed E-state index contributed by atoms with van der Waals surface area (Å²) in [4.78, 5) is 0. The molecule has 0 amide bonds. The van der Waals surface area contributed by atoms with Gasteiger partial charge in [-0.3, -0.25) is 0 Å². The second kappa shape index (κ2) is 4.80. The second-order valence-corrected chi connectivity index (χ2v) is 3.75. The van der Waals surface area contributed by atoms with Gasteiger partial charge in [-0.15, -0.1) is 0 Å². The van der Waals surface area contributed by atoms with Crippen molar-refractivity contribution < 1.29 is 5.21 Å². The maximum atomic E-state index is 9.08. The number of nitrogens with zero attached hydrogens (tertiary/aromatic N) is 3. The molecule has 1 aromatic heterocycles. The van der Waals surface area contributed by atoms with Crippen molar-refractivity contribution in [3.8, 4) is 0 Å². The first-order valence-corrected chi connectivity index (χ1v) is 5.14. The van der Waals surface area contributed by atoms with Crippen LogP contribution in [0.15, 0.2) is 41.8 Å². The van der Waals surface area contributed by atoms with Crippen molar-refractivity contribution in [3.63, 3.8) is 0 Å². The molecule has 0 fully saturated rings. The lowest BCUT2D eigenvalue weighted by molar-refractivity contribution is 0.319. The van der Waals surface area contributed by atoms with E-state index in [1.165, 1.54) is 12.4 Å². The van der Waals surface area contributed by atoms with Crippen LogP contribution in [0, 0.1) is 0 Å². The van der Waals surface area contributed by atoms with Gasteiger partial charge in [0.15, 0.2) is 0 Å². The molecule has 17 heavy (non-hydrogen) atoms.